The summed E-state index contributed by atoms with van der Waals surface area (Å²) in [7, 11) is 0. The Kier molecular flexibility index (Phi) is 6.27. The van der Waals surface area contributed by atoms with Crippen molar-refractivity contribution in [3.05, 3.63) is 74.8 Å². The van der Waals surface area contributed by atoms with E-state index in [2.05, 4.69) is 5.10 Å². The molecule has 1 amide bonds. The number of hydrogen-bond donors (Lipinski definition) is 1. The Bertz CT molecular complexity index is 1050. The van der Waals surface area contributed by atoms with Gasteiger partial charge in [-0.05, 0) is 60.9 Å². The number of nitro groups is 1. The van der Waals surface area contributed by atoms with Gasteiger partial charge in [-0.3, -0.25) is 14.9 Å². The van der Waals surface area contributed by atoms with E-state index in [0.717, 1.165) is 0 Å². The van der Waals surface area contributed by atoms with Crippen LogP contribution < -0.4 is 5.01 Å². The number of carbonyl (C=O) groups is 2. The van der Waals surface area contributed by atoms with Crippen LogP contribution in [-0.4, -0.2) is 27.6 Å². The van der Waals surface area contributed by atoms with Crippen LogP contribution in [0.4, 0.5) is 11.4 Å². The molecule has 1 N–H and O–H groups in total. The number of rotatable bonds is 7. The van der Waals surface area contributed by atoms with Crippen LogP contribution in [0.1, 0.15) is 25.3 Å². The normalized spacial score (nSPS) is 16.5. The number of amides is 1. The lowest BCUT2D eigenvalue weighted by atomic mass is 9.92. The second-order valence-corrected chi connectivity index (χ2v) is 7.09. The van der Waals surface area contributed by atoms with Crippen LogP contribution in [0.2, 0.25) is 5.02 Å². The molecule has 0 saturated heterocycles. The van der Waals surface area contributed by atoms with E-state index in [4.69, 9.17) is 11.6 Å². The summed E-state index contributed by atoms with van der Waals surface area (Å²) in [6, 6.07) is 12.2. The number of carboxylic acids is 1. The molecule has 0 fully saturated rings. The minimum atomic E-state index is -1.17. The molecule has 0 saturated carbocycles. The third kappa shape index (κ3) is 4.55. The average Bonchev–Trinajstić information content (AvgIpc) is 3.04. The molecule has 0 radical (unpaired) electrons. The fourth-order valence-electron chi connectivity index (χ4n) is 3.15. The number of benzene rings is 2. The van der Waals surface area contributed by atoms with Gasteiger partial charge in [0.1, 0.15) is 0 Å². The summed E-state index contributed by atoms with van der Waals surface area (Å²) in [5.74, 6) is -2.18. The van der Waals surface area contributed by atoms with Crippen LogP contribution in [-0.2, 0) is 9.59 Å². The van der Waals surface area contributed by atoms with E-state index < -0.39 is 16.8 Å². The van der Waals surface area contributed by atoms with Crippen molar-refractivity contribution in [2.45, 2.75) is 19.8 Å². The molecule has 1 atom stereocenters. The number of nitro benzene ring substituents is 1. The first-order valence-corrected chi connectivity index (χ1v) is 9.53. The average molecular weight is 428 g/mol. The Morgan fingerprint density at radius 2 is 1.87 bits per heavy atom. The molecule has 154 valence electrons. The van der Waals surface area contributed by atoms with E-state index in [1.54, 1.807) is 24.3 Å². The zero-order valence-electron chi connectivity index (χ0n) is 16.0. The molecular weight excluding hydrogens is 410 g/mol. The lowest BCUT2D eigenvalue weighted by Gasteiger charge is -2.15. The van der Waals surface area contributed by atoms with Crippen molar-refractivity contribution < 1.29 is 19.6 Å². The van der Waals surface area contributed by atoms with Crippen molar-refractivity contribution in [1.29, 1.82) is 0 Å². The Morgan fingerprint density at radius 1 is 1.23 bits per heavy atom. The molecule has 0 bridgehead atoms. The number of hydrogen-bond acceptors (Lipinski definition) is 5. The van der Waals surface area contributed by atoms with Crippen molar-refractivity contribution in [3.63, 3.8) is 0 Å². The second-order valence-electron chi connectivity index (χ2n) is 6.65. The van der Waals surface area contributed by atoms with E-state index in [1.165, 1.54) is 35.4 Å². The van der Waals surface area contributed by atoms with E-state index in [1.807, 2.05) is 6.92 Å². The fraction of sp³-hybridized carbons (Fsp3) is 0.190. The number of anilines is 1. The van der Waals surface area contributed by atoms with Gasteiger partial charge in [-0.25, -0.2) is 9.80 Å². The lowest BCUT2D eigenvalue weighted by Crippen LogP contribution is -2.28. The van der Waals surface area contributed by atoms with Crippen LogP contribution in [0.15, 0.2) is 59.2 Å². The standard InChI is InChI=1S/C21H18ClN3O5/c1-2-19-18(20(26)24(23-19)16-9-5-15(22)6-10-16)12-14(21(27)28)11-13-3-7-17(8-4-13)25(29)30/h3-11,18H,2,12H2,1H3,(H,27,28). The van der Waals surface area contributed by atoms with E-state index in [0.29, 0.717) is 28.4 Å². The van der Waals surface area contributed by atoms with Crippen LogP contribution in [0.25, 0.3) is 6.08 Å². The van der Waals surface area contributed by atoms with Gasteiger partial charge in [0, 0.05) is 22.7 Å². The summed E-state index contributed by atoms with van der Waals surface area (Å²) in [5.41, 5.74) is 1.56. The first-order chi connectivity index (χ1) is 14.3. The van der Waals surface area contributed by atoms with Gasteiger partial charge >= 0.3 is 5.97 Å². The minimum absolute atomic E-state index is 0.0151. The topological polar surface area (TPSA) is 113 Å². The summed E-state index contributed by atoms with van der Waals surface area (Å²) in [5, 5.41) is 26.6. The monoisotopic (exact) mass is 427 g/mol. The van der Waals surface area contributed by atoms with Gasteiger partial charge < -0.3 is 5.11 Å². The molecule has 30 heavy (non-hydrogen) atoms. The molecule has 2 aromatic carbocycles. The third-order valence-corrected chi connectivity index (χ3v) is 4.97. The van der Waals surface area contributed by atoms with Crippen molar-refractivity contribution in [2.75, 3.05) is 5.01 Å². The predicted molar refractivity (Wildman–Crippen MR) is 113 cm³/mol. The smallest absolute Gasteiger partial charge is 0.331 e. The van der Waals surface area contributed by atoms with Crippen molar-refractivity contribution in [3.8, 4) is 0 Å². The van der Waals surface area contributed by atoms with E-state index in [9.17, 15) is 24.8 Å². The maximum Gasteiger partial charge on any atom is 0.331 e. The highest BCUT2D eigenvalue weighted by molar-refractivity contribution is 6.30. The Balaban J connectivity index is 1.86. The highest BCUT2D eigenvalue weighted by atomic mass is 35.5. The lowest BCUT2D eigenvalue weighted by molar-refractivity contribution is -0.384. The quantitative estimate of drug-likeness (QED) is 0.396. The summed E-state index contributed by atoms with van der Waals surface area (Å²) in [4.78, 5) is 35.0. The molecule has 0 aliphatic carbocycles. The predicted octanol–water partition coefficient (Wildman–Crippen LogP) is 4.54. The first-order valence-electron chi connectivity index (χ1n) is 9.15. The van der Waals surface area contributed by atoms with Gasteiger partial charge in [0.15, 0.2) is 0 Å². The zero-order valence-corrected chi connectivity index (χ0v) is 16.7. The molecule has 0 spiro atoms. The first kappa shape index (κ1) is 21.2. The maximum absolute atomic E-state index is 13.0. The van der Waals surface area contributed by atoms with Gasteiger partial charge in [0.2, 0.25) is 0 Å². The van der Waals surface area contributed by atoms with Crippen molar-refractivity contribution >= 4 is 46.6 Å². The molecule has 0 aromatic heterocycles. The molecule has 2 aromatic rings. The van der Waals surface area contributed by atoms with Gasteiger partial charge in [-0.2, -0.15) is 5.10 Å². The Labute approximate surface area is 177 Å². The summed E-state index contributed by atoms with van der Waals surface area (Å²) >= 11 is 5.90. The van der Waals surface area contributed by atoms with E-state index in [-0.39, 0.29) is 23.6 Å². The molecule has 1 unspecified atom stereocenters. The zero-order chi connectivity index (χ0) is 21.8. The molecular formula is C21H18ClN3O5. The Morgan fingerprint density at radius 3 is 2.40 bits per heavy atom. The van der Waals surface area contributed by atoms with Crippen LogP contribution in [0.5, 0.6) is 0 Å². The molecule has 1 aliphatic rings. The largest absolute Gasteiger partial charge is 0.478 e. The molecule has 8 nitrogen and oxygen atoms in total. The van der Waals surface area contributed by atoms with Crippen molar-refractivity contribution in [1.82, 2.24) is 0 Å². The van der Waals surface area contributed by atoms with E-state index >= 15 is 0 Å². The second kappa shape index (κ2) is 8.87. The fourth-order valence-corrected chi connectivity index (χ4v) is 3.27. The van der Waals surface area contributed by atoms with Crippen LogP contribution in [0, 0.1) is 16.0 Å². The summed E-state index contributed by atoms with van der Waals surface area (Å²) in [6.07, 6.45) is 1.87. The number of carboxylic acid groups (broad SMARTS) is 1. The number of carbonyl (C=O) groups excluding carboxylic acids is 1. The highest BCUT2D eigenvalue weighted by Crippen LogP contribution is 2.30. The van der Waals surface area contributed by atoms with Gasteiger partial charge in [-0.1, -0.05) is 18.5 Å². The molecule has 1 heterocycles. The third-order valence-electron chi connectivity index (χ3n) is 4.71. The SMILES string of the molecule is CCC1=NN(c2ccc(Cl)cc2)C(=O)C1CC(=Cc1ccc([N+](=O)[O-])cc1)C(=O)O. The van der Waals surface area contributed by atoms with Gasteiger partial charge in [-0.15, -0.1) is 0 Å². The molecule has 3 rings (SSSR count). The number of halogens is 1. The highest BCUT2D eigenvalue weighted by Gasteiger charge is 2.37. The number of non-ortho nitro benzene ring substituents is 1. The minimum Gasteiger partial charge on any atom is -0.478 e. The van der Waals surface area contributed by atoms with Crippen LogP contribution >= 0.6 is 11.6 Å². The van der Waals surface area contributed by atoms with Crippen LogP contribution in [0.3, 0.4) is 0 Å². The van der Waals surface area contributed by atoms with Gasteiger partial charge in [0.05, 0.1) is 22.2 Å². The summed E-state index contributed by atoms with van der Waals surface area (Å²) in [6.45, 7) is 1.85. The number of aliphatic carboxylic acids is 1. The number of hydrazone groups is 1. The molecule has 9 heteroatoms. The van der Waals surface area contributed by atoms with Gasteiger partial charge in [0.25, 0.3) is 11.6 Å². The molecule has 1 aliphatic heterocycles. The maximum atomic E-state index is 13.0. The number of nitrogens with zero attached hydrogens (tertiary/aromatic N) is 3. The van der Waals surface area contributed by atoms with Crippen molar-refractivity contribution in [2.24, 2.45) is 11.0 Å². The summed E-state index contributed by atoms with van der Waals surface area (Å²) < 4.78 is 0. The Hall–Kier alpha value is -3.52.